The molecule has 418 valence electrons. The maximum Gasteiger partial charge on any atom is 0.354 e. The van der Waals surface area contributed by atoms with Crippen LogP contribution < -0.4 is 77.4 Å². The van der Waals surface area contributed by atoms with Gasteiger partial charge in [0, 0.05) is 31.5 Å². The molecule has 1 saturated heterocycles. The van der Waals surface area contributed by atoms with Gasteiger partial charge in [-0.1, -0.05) is 12.5 Å². The number of amides is 7. The topological polar surface area (TPSA) is 497 Å². The zero-order valence-electron chi connectivity index (χ0n) is 42.5. The number of aliphatic hydroxyl groups is 2. The lowest BCUT2D eigenvalue weighted by Crippen LogP contribution is -2.60. The predicted molar refractivity (Wildman–Crippen MR) is 272 cm³/mol. The lowest BCUT2D eigenvalue weighted by atomic mass is 10.0. The number of carbonyl (C=O) groups excluding carboxylic acids is 8. The number of methoxy groups -OCH3 is 1. The minimum Gasteiger partial charge on any atom is -0.464 e. The molecule has 7 amide bonds. The molecular formula is C45H82N18O11. The average Bonchev–Trinajstić information content (AvgIpc) is 4.10. The Balaban J connectivity index is 2.22. The second-order valence-electron chi connectivity index (χ2n) is 17.7. The van der Waals surface area contributed by atoms with Gasteiger partial charge in [-0.2, -0.15) is 0 Å². The number of aromatic nitrogens is 2. The zero-order chi connectivity index (χ0) is 55.2. The Labute approximate surface area is 430 Å². The first-order valence-corrected chi connectivity index (χ1v) is 24.9. The number of ether oxygens (including phenoxy) is 1. The van der Waals surface area contributed by atoms with Crippen molar-refractivity contribution < 1.29 is 53.3 Å². The first kappa shape index (κ1) is 63.8. The van der Waals surface area contributed by atoms with Crippen LogP contribution in [0.1, 0.15) is 89.7 Å². The molecule has 1 fully saturated rings. The van der Waals surface area contributed by atoms with Gasteiger partial charge in [-0.3, -0.25) is 43.9 Å². The third-order valence-electron chi connectivity index (χ3n) is 11.9. The highest BCUT2D eigenvalue weighted by atomic mass is 16.5. The number of nitrogens with two attached hydrogens (primary N) is 7. The van der Waals surface area contributed by atoms with Crippen molar-refractivity contribution in [3.05, 3.63) is 30.0 Å². The molecule has 29 nitrogen and oxygen atoms in total. The third-order valence-corrected chi connectivity index (χ3v) is 11.9. The number of H-pyrrole nitrogens is 1. The number of hydrogen-bond acceptors (Lipinski definition) is 19. The number of aliphatic hydroxyl groups excluding tert-OH is 2. The maximum atomic E-state index is 14.2. The summed E-state index contributed by atoms with van der Waals surface area (Å²) in [5, 5.41) is 40.2. The molecule has 0 bridgehead atoms. The number of hydrogen-bond donors (Lipinski definition) is 17. The van der Waals surface area contributed by atoms with Crippen molar-refractivity contribution in [2.24, 2.45) is 45.1 Å². The van der Waals surface area contributed by atoms with Gasteiger partial charge in [0.1, 0.15) is 36.1 Å². The molecule has 0 aromatic carbocycles. The number of carbonyl (C=O) groups is 8. The monoisotopic (exact) mass is 1050 g/mol. The maximum absolute atomic E-state index is 14.2. The van der Waals surface area contributed by atoms with Crippen LogP contribution in [0, 0.1) is 0 Å². The molecule has 1 aliphatic rings. The summed E-state index contributed by atoms with van der Waals surface area (Å²) in [6.07, 6.45) is 5.60. The molecule has 1 aromatic rings. The Morgan fingerprint density at radius 3 is 2.14 bits per heavy atom. The van der Waals surface area contributed by atoms with E-state index in [-0.39, 0.29) is 69.8 Å². The molecule has 29 heteroatoms. The van der Waals surface area contributed by atoms with E-state index in [0.29, 0.717) is 63.7 Å². The Morgan fingerprint density at radius 1 is 0.838 bits per heavy atom. The summed E-state index contributed by atoms with van der Waals surface area (Å²) in [6.45, 7) is 1.46. The van der Waals surface area contributed by atoms with Gasteiger partial charge in [-0.05, 0) is 104 Å². The molecule has 2 heterocycles. The molecule has 0 saturated carbocycles. The summed E-state index contributed by atoms with van der Waals surface area (Å²) in [6, 6.07) is -8.20. The van der Waals surface area contributed by atoms with E-state index in [4.69, 9.17) is 44.9 Å². The first-order valence-electron chi connectivity index (χ1n) is 24.9. The van der Waals surface area contributed by atoms with Crippen molar-refractivity contribution in [3.8, 4) is 0 Å². The quantitative estimate of drug-likeness (QED) is 0.00742. The second-order valence-corrected chi connectivity index (χ2v) is 17.7. The number of nitrogens with zero attached hydrogens (tertiary/aromatic N) is 3. The Morgan fingerprint density at radius 2 is 1.51 bits per heavy atom. The summed E-state index contributed by atoms with van der Waals surface area (Å²) in [4.78, 5) is 119. The fraction of sp³-hybridized carbons (Fsp3) is 0.689. The molecule has 74 heavy (non-hydrogen) atoms. The molecule has 0 aliphatic carbocycles. The number of aromatic amines is 1. The predicted octanol–water partition coefficient (Wildman–Crippen LogP) is -6.83. The Hall–Kier alpha value is -6.34. The van der Waals surface area contributed by atoms with E-state index in [9.17, 15) is 48.6 Å². The van der Waals surface area contributed by atoms with E-state index in [2.05, 4.69) is 52.2 Å². The fourth-order valence-corrected chi connectivity index (χ4v) is 7.76. The van der Waals surface area contributed by atoms with Crippen molar-refractivity contribution in [3.63, 3.8) is 0 Å². The van der Waals surface area contributed by atoms with Gasteiger partial charge in [0.15, 0.2) is 5.96 Å². The van der Waals surface area contributed by atoms with Crippen LogP contribution in [-0.2, 0) is 49.5 Å². The molecule has 24 N–H and O–H groups in total. The van der Waals surface area contributed by atoms with Crippen molar-refractivity contribution in [2.45, 2.75) is 145 Å². The highest BCUT2D eigenvalue weighted by Gasteiger charge is 2.39. The SMILES string of the molecule is COC(=O)/C(=C/CCN=C(N)N)NC(=O)[C@H](CCCCN)NC(=O)[C@H](CCc1cnc[nH]1)NC(O)[C@@H]1CCCN1C(=O)[C@@H](CCCN)NC(=O)CNC(=O)[C@H](C)NC(=O)[C@@H](NC(=O)[C@@H](N)CCCCN)[C@@H](O)CN. The molecule has 1 unspecified atom stereocenters. The summed E-state index contributed by atoms with van der Waals surface area (Å²) in [5.74, 6) is -6.22. The van der Waals surface area contributed by atoms with Crippen LogP contribution in [0.2, 0.25) is 0 Å². The first-order chi connectivity index (χ1) is 35.3. The van der Waals surface area contributed by atoms with E-state index in [1.807, 2.05) is 0 Å². The number of aryl methyl sites for hydroxylation is 1. The van der Waals surface area contributed by atoms with Gasteiger partial charge in [0.25, 0.3) is 0 Å². The number of esters is 1. The van der Waals surface area contributed by atoms with Crippen LogP contribution in [0.4, 0.5) is 0 Å². The molecule has 0 spiro atoms. The largest absolute Gasteiger partial charge is 0.464 e. The van der Waals surface area contributed by atoms with E-state index in [1.54, 1.807) is 6.20 Å². The lowest BCUT2D eigenvalue weighted by Gasteiger charge is -2.34. The average molecular weight is 1050 g/mol. The van der Waals surface area contributed by atoms with Crippen molar-refractivity contribution in [2.75, 3.05) is 52.9 Å². The number of rotatable bonds is 36. The minimum atomic E-state index is -1.55. The van der Waals surface area contributed by atoms with Gasteiger partial charge in [-0.15, -0.1) is 0 Å². The van der Waals surface area contributed by atoms with Crippen molar-refractivity contribution >= 4 is 53.3 Å². The Kier molecular flexibility index (Phi) is 30.1. The normalized spacial score (nSPS) is 16.7. The number of guanidine groups is 1. The lowest BCUT2D eigenvalue weighted by molar-refractivity contribution is -0.140. The second kappa shape index (κ2) is 35.0. The van der Waals surface area contributed by atoms with E-state index in [0.717, 1.165) is 7.11 Å². The summed E-state index contributed by atoms with van der Waals surface area (Å²) in [7, 11) is 1.14. The number of nitrogens with one attached hydrogen (secondary N) is 8. The molecule has 0 radical (unpaired) electrons. The number of imidazole rings is 1. The smallest absolute Gasteiger partial charge is 0.354 e. The van der Waals surface area contributed by atoms with Crippen LogP contribution in [0.15, 0.2) is 29.3 Å². The Bertz CT molecular complexity index is 1990. The molecule has 1 aromatic heterocycles. The van der Waals surface area contributed by atoms with Crippen LogP contribution in [0.5, 0.6) is 0 Å². The van der Waals surface area contributed by atoms with Crippen LogP contribution >= 0.6 is 0 Å². The van der Waals surface area contributed by atoms with Crippen LogP contribution in [-0.4, -0.2) is 186 Å². The van der Waals surface area contributed by atoms with Crippen LogP contribution in [0.3, 0.4) is 0 Å². The van der Waals surface area contributed by atoms with Crippen molar-refractivity contribution in [1.82, 2.24) is 52.1 Å². The molecular weight excluding hydrogens is 969 g/mol. The van der Waals surface area contributed by atoms with Crippen LogP contribution in [0.25, 0.3) is 0 Å². The number of likely N-dealkylation sites (tertiary alicyclic amines) is 1. The summed E-state index contributed by atoms with van der Waals surface area (Å²) in [5.41, 5.74) is 39.8. The van der Waals surface area contributed by atoms with Crippen molar-refractivity contribution in [1.29, 1.82) is 0 Å². The number of unbranched alkanes of at least 4 members (excludes halogenated alkanes) is 2. The van der Waals surface area contributed by atoms with E-state index in [1.165, 1.54) is 24.2 Å². The third kappa shape index (κ3) is 22.8. The van der Waals surface area contributed by atoms with Gasteiger partial charge in [0.2, 0.25) is 41.4 Å². The highest BCUT2D eigenvalue weighted by Crippen LogP contribution is 2.22. The molecule has 1 aliphatic heterocycles. The van der Waals surface area contributed by atoms with Gasteiger partial charge in [-0.25, -0.2) is 9.78 Å². The minimum absolute atomic E-state index is 0.0850. The van der Waals surface area contributed by atoms with E-state index >= 15 is 0 Å². The zero-order valence-corrected chi connectivity index (χ0v) is 42.5. The fourth-order valence-electron chi connectivity index (χ4n) is 7.76. The number of aliphatic imine (C=N–C) groups is 1. The highest BCUT2D eigenvalue weighted by molar-refractivity contribution is 5.97. The molecule has 9 atom stereocenters. The summed E-state index contributed by atoms with van der Waals surface area (Å²) < 4.78 is 4.84. The van der Waals surface area contributed by atoms with E-state index < -0.39 is 115 Å². The van der Waals surface area contributed by atoms with Gasteiger partial charge < -0.3 is 96.9 Å². The van der Waals surface area contributed by atoms with Gasteiger partial charge in [0.05, 0.1) is 44.2 Å². The summed E-state index contributed by atoms with van der Waals surface area (Å²) >= 11 is 0. The van der Waals surface area contributed by atoms with Gasteiger partial charge >= 0.3 is 5.97 Å². The standard InChI is InChI=1S/C45H82N18O11/c1-26(57-42(71)36(34(64)22-49)62-38(67)28(50)10-3-5-17-46)37(66)55-24-35(65)58-31(12-7-19-48)43(72)63-21-9-14-33(63)41(70)60-30(16-15-27-23-53-25-56-27)40(69)59-29(11-4-6-18-47)39(68)61-32(44(73)74-2)13-8-20-54-45(51)52/h13,23,25-26,28-31,33-34,36,41,60,64,70H,3-12,14-22,24,46-50H2,1-2H3,(H,53,56)(H,55,66)(H,57,71)(H,58,65)(H,59,69)(H,61,68)(H,62,67)(H4,51,52,54)/b32-13-/t26-,28-,29-,30-,31+,33-,34-,36-,41?/m0/s1. The molecule has 2 rings (SSSR count).